The lowest BCUT2D eigenvalue weighted by Gasteiger charge is -2.39. The van der Waals surface area contributed by atoms with Gasteiger partial charge in [-0.25, -0.2) is 0 Å². The molecule has 0 spiro atoms. The maximum Gasteiger partial charge on any atom is 0.380 e. The van der Waals surface area contributed by atoms with Crippen LogP contribution in [0.15, 0.2) is 24.3 Å². The minimum absolute atomic E-state index is 0.236. The summed E-state index contributed by atoms with van der Waals surface area (Å²) >= 11 is 0. The Morgan fingerprint density at radius 3 is 2.00 bits per heavy atom. The summed E-state index contributed by atoms with van der Waals surface area (Å²) in [5.74, 6) is -1.19. The molecular formula is C18H28NO8PSi. The Hall–Kier alpha value is -1.39. The van der Waals surface area contributed by atoms with E-state index in [4.69, 9.17) is 14.0 Å². The summed E-state index contributed by atoms with van der Waals surface area (Å²) in [5.41, 5.74) is 0.472. The molecule has 0 saturated heterocycles. The Morgan fingerprint density at radius 2 is 1.59 bits per heavy atom. The molecule has 1 aliphatic heterocycles. The van der Waals surface area contributed by atoms with Crippen molar-refractivity contribution in [1.82, 2.24) is 5.06 Å². The third-order valence-electron chi connectivity index (χ3n) is 4.99. The summed E-state index contributed by atoms with van der Waals surface area (Å²) in [6.45, 7) is 10.7. The van der Waals surface area contributed by atoms with Crippen LogP contribution in [0.2, 0.25) is 18.1 Å². The van der Waals surface area contributed by atoms with Gasteiger partial charge in [0, 0.05) is 0 Å². The molecule has 162 valence electrons. The molecule has 0 bridgehead atoms. The zero-order chi connectivity index (χ0) is 22.2. The van der Waals surface area contributed by atoms with Crippen LogP contribution in [0, 0.1) is 0 Å². The maximum atomic E-state index is 12.3. The van der Waals surface area contributed by atoms with E-state index in [9.17, 15) is 23.9 Å². The maximum absolute atomic E-state index is 12.3. The van der Waals surface area contributed by atoms with E-state index >= 15 is 0 Å². The number of carbonyl (C=O) groups excluding carboxylic acids is 2. The van der Waals surface area contributed by atoms with Crippen molar-refractivity contribution in [2.24, 2.45) is 0 Å². The van der Waals surface area contributed by atoms with Crippen LogP contribution >= 0.6 is 7.60 Å². The van der Waals surface area contributed by atoms with Gasteiger partial charge in [0.2, 0.25) is 0 Å². The topological polar surface area (TPSA) is 123 Å². The van der Waals surface area contributed by atoms with E-state index in [1.165, 1.54) is 19.1 Å². The Bertz CT molecular complexity index is 796. The number of benzene rings is 1. The van der Waals surface area contributed by atoms with E-state index < -0.39 is 39.9 Å². The third kappa shape index (κ3) is 5.40. The van der Waals surface area contributed by atoms with Gasteiger partial charge in [-0.2, -0.15) is 0 Å². The first-order valence-corrected chi connectivity index (χ1v) is 13.7. The minimum atomic E-state index is -4.72. The highest BCUT2D eigenvalue weighted by molar-refractivity contribution is 7.52. The van der Waals surface area contributed by atoms with Gasteiger partial charge in [0.15, 0.2) is 8.32 Å². The average Bonchev–Trinajstić information content (AvgIpc) is 2.82. The van der Waals surface area contributed by atoms with Crippen molar-refractivity contribution in [3.05, 3.63) is 35.4 Å². The Labute approximate surface area is 171 Å². The number of hydrogen-bond acceptors (Lipinski definition) is 6. The predicted octanol–water partition coefficient (Wildman–Crippen LogP) is 3.10. The van der Waals surface area contributed by atoms with E-state index in [0.717, 1.165) is 0 Å². The zero-order valence-electron chi connectivity index (χ0n) is 17.4. The van der Waals surface area contributed by atoms with Gasteiger partial charge < -0.3 is 18.9 Å². The molecule has 2 N–H and O–H groups in total. The second kappa shape index (κ2) is 8.39. The molecule has 0 aromatic heterocycles. The summed E-state index contributed by atoms with van der Waals surface area (Å²) in [4.78, 5) is 49.3. The number of hydrogen-bond donors (Lipinski definition) is 2. The molecule has 0 saturated carbocycles. The van der Waals surface area contributed by atoms with Crippen molar-refractivity contribution >= 4 is 27.7 Å². The quantitative estimate of drug-likeness (QED) is 0.271. The highest BCUT2D eigenvalue weighted by Crippen LogP contribution is 2.47. The third-order valence-corrected chi connectivity index (χ3v) is 10.4. The molecule has 2 rings (SSSR count). The number of hydroxylamine groups is 2. The molecule has 2 atom stereocenters. The lowest BCUT2D eigenvalue weighted by Crippen LogP contribution is -2.45. The second-order valence-corrected chi connectivity index (χ2v) is 14.8. The number of fused-ring (bicyclic) bond motifs is 1. The highest BCUT2D eigenvalue weighted by atomic mass is 31.2. The fourth-order valence-electron chi connectivity index (χ4n) is 2.32. The molecule has 2 amide bonds. The first kappa shape index (κ1) is 23.9. The molecule has 9 nitrogen and oxygen atoms in total. The van der Waals surface area contributed by atoms with Gasteiger partial charge in [0.05, 0.1) is 17.7 Å². The van der Waals surface area contributed by atoms with Crippen molar-refractivity contribution in [1.29, 1.82) is 0 Å². The summed E-state index contributed by atoms with van der Waals surface area (Å²) in [6.07, 6.45) is -0.839. The van der Waals surface area contributed by atoms with E-state index in [2.05, 4.69) is 0 Å². The molecule has 0 radical (unpaired) electrons. The van der Waals surface area contributed by atoms with E-state index in [-0.39, 0.29) is 22.8 Å². The monoisotopic (exact) mass is 445 g/mol. The van der Waals surface area contributed by atoms with Crippen molar-refractivity contribution < 1.29 is 37.9 Å². The van der Waals surface area contributed by atoms with E-state index in [1.807, 2.05) is 33.9 Å². The van der Waals surface area contributed by atoms with Crippen LogP contribution in [-0.4, -0.2) is 53.7 Å². The Kier molecular flexibility index (Phi) is 6.91. The molecule has 2 unspecified atom stereocenters. The molecule has 0 fully saturated rings. The molecule has 0 aliphatic carbocycles. The molecular weight excluding hydrogens is 417 g/mol. The van der Waals surface area contributed by atoms with E-state index in [1.54, 1.807) is 12.1 Å². The molecule has 29 heavy (non-hydrogen) atoms. The fourth-order valence-corrected chi connectivity index (χ4v) is 4.87. The van der Waals surface area contributed by atoms with Crippen molar-refractivity contribution in [2.45, 2.75) is 58.0 Å². The van der Waals surface area contributed by atoms with Crippen molar-refractivity contribution in [3.63, 3.8) is 0 Å². The lowest BCUT2D eigenvalue weighted by atomic mass is 10.1. The SMILES string of the molecule is CC(COC(O[Si](C)(C)C(C)(C)C)P(=O)(O)O)ON1C(=O)c2ccccc2C1=O. The Morgan fingerprint density at radius 1 is 1.10 bits per heavy atom. The number of ether oxygens (including phenoxy) is 1. The number of nitrogens with zero attached hydrogens (tertiary/aromatic N) is 1. The molecule has 11 heteroatoms. The van der Waals surface area contributed by atoms with Crippen LogP contribution in [0.1, 0.15) is 48.4 Å². The normalized spacial score (nSPS) is 17.4. The van der Waals surface area contributed by atoms with Crippen LogP contribution in [-0.2, 0) is 18.6 Å². The number of carbonyl (C=O) groups is 2. The van der Waals surface area contributed by atoms with Gasteiger partial charge in [-0.3, -0.25) is 19.0 Å². The van der Waals surface area contributed by atoms with Gasteiger partial charge in [0.1, 0.15) is 6.10 Å². The van der Waals surface area contributed by atoms with Gasteiger partial charge in [0.25, 0.3) is 17.8 Å². The summed E-state index contributed by atoms with van der Waals surface area (Å²) < 4.78 is 22.9. The van der Waals surface area contributed by atoms with Crippen LogP contribution in [0.3, 0.4) is 0 Å². The molecule has 1 aliphatic rings. The minimum Gasteiger partial charge on any atom is -0.383 e. The Balaban J connectivity index is 2.03. The van der Waals surface area contributed by atoms with Crippen LogP contribution < -0.4 is 0 Å². The van der Waals surface area contributed by atoms with Crippen molar-refractivity contribution in [3.8, 4) is 0 Å². The first-order chi connectivity index (χ1) is 13.1. The summed E-state index contributed by atoms with van der Waals surface area (Å²) in [7, 11) is -7.25. The van der Waals surface area contributed by atoms with Crippen LogP contribution in [0.25, 0.3) is 0 Å². The standard InChI is InChI=1S/C18H28NO8PSi/c1-12(26-19-15(20)13-9-7-8-10-14(13)16(19)21)11-25-17(28(22,23)24)27-29(5,6)18(2,3)4/h7-10,12,17H,11H2,1-6H3,(H2,22,23,24). The number of imide groups is 1. The molecule has 1 aromatic rings. The van der Waals surface area contributed by atoms with Gasteiger partial charge in [-0.15, -0.1) is 5.06 Å². The highest BCUT2D eigenvalue weighted by Gasteiger charge is 2.44. The van der Waals surface area contributed by atoms with Crippen molar-refractivity contribution in [2.75, 3.05) is 6.61 Å². The summed E-state index contributed by atoms with van der Waals surface area (Å²) in [6, 6.07) is 4.58. The summed E-state index contributed by atoms with van der Waals surface area (Å²) in [5, 5.41) is 0.353. The molecule has 1 aromatic carbocycles. The van der Waals surface area contributed by atoms with Crippen LogP contribution in [0.4, 0.5) is 0 Å². The molecule has 1 heterocycles. The fraction of sp³-hybridized carbons (Fsp3) is 0.556. The average molecular weight is 445 g/mol. The van der Waals surface area contributed by atoms with E-state index in [0.29, 0.717) is 5.06 Å². The number of amides is 2. The predicted molar refractivity (Wildman–Crippen MR) is 108 cm³/mol. The van der Waals surface area contributed by atoms with Gasteiger partial charge >= 0.3 is 7.60 Å². The van der Waals surface area contributed by atoms with Gasteiger partial charge in [-0.1, -0.05) is 32.9 Å². The first-order valence-electron chi connectivity index (χ1n) is 9.14. The largest absolute Gasteiger partial charge is 0.383 e. The van der Waals surface area contributed by atoms with Gasteiger partial charge in [-0.05, 0) is 37.2 Å². The second-order valence-electron chi connectivity index (χ2n) is 8.47. The smallest absolute Gasteiger partial charge is 0.380 e. The number of rotatable bonds is 8. The lowest BCUT2D eigenvalue weighted by molar-refractivity contribution is -0.160. The van der Waals surface area contributed by atoms with Crippen LogP contribution in [0.5, 0.6) is 0 Å². The zero-order valence-corrected chi connectivity index (χ0v) is 19.3.